The maximum Gasteiger partial charge on any atom is 0.274 e. The third-order valence-electron chi connectivity index (χ3n) is 5.88. The number of amides is 3. The van der Waals surface area contributed by atoms with E-state index in [0.29, 0.717) is 17.0 Å². The third kappa shape index (κ3) is 3.96. The van der Waals surface area contributed by atoms with Gasteiger partial charge in [0.25, 0.3) is 17.7 Å². The number of nitrogens with zero attached hydrogens (tertiary/aromatic N) is 2. The number of benzene rings is 2. The van der Waals surface area contributed by atoms with Gasteiger partial charge in [0.2, 0.25) is 0 Å². The van der Waals surface area contributed by atoms with Crippen LogP contribution in [0.25, 0.3) is 0 Å². The maximum atomic E-state index is 13.5. The van der Waals surface area contributed by atoms with E-state index in [2.05, 4.69) is 0 Å². The van der Waals surface area contributed by atoms with Crippen LogP contribution in [-0.2, 0) is 9.59 Å². The van der Waals surface area contributed by atoms with Gasteiger partial charge in [0.15, 0.2) is 5.78 Å². The minimum atomic E-state index is -0.725. The molecule has 1 saturated heterocycles. The molecule has 2 aliphatic rings. The van der Waals surface area contributed by atoms with Crippen molar-refractivity contribution < 1.29 is 19.2 Å². The summed E-state index contributed by atoms with van der Waals surface area (Å²) in [7, 11) is 0. The van der Waals surface area contributed by atoms with Crippen molar-refractivity contribution in [3.63, 3.8) is 0 Å². The summed E-state index contributed by atoms with van der Waals surface area (Å²) in [5, 5.41) is 2.15. The summed E-state index contributed by atoms with van der Waals surface area (Å²) >= 11 is 12.2. The number of halogens is 2. The lowest BCUT2D eigenvalue weighted by Gasteiger charge is -2.30. The number of ketones is 1. The Morgan fingerprint density at radius 3 is 2.44 bits per heavy atom. The number of carbonyl (C=O) groups excluding carboxylic acids is 4. The largest absolute Gasteiger partial charge is 0.292 e. The second-order valence-electron chi connectivity index (χ2n) is 7.92. The van der Waals surface area contributed by atoms with Gasteiger partial charge in [0.05, 0.1) is 22.4 Å². The normalized spacial score (nSPS) is 22.1. The first-order chi connectivity index (χ1) is 15.3. The minimum absolute atomic E-state index is 0.0403. The highest BCUT2D eigenvalue weighted by molar-refractivity contribution is 6.36. The summed E-state index contributed by atoms with van der Waals surface area (Å²) in [6.07, 6.45) is 4.18. The molecule has 0 saturated carbocycles. The molecule has 0 spiro atoms. The Bertz CT molecular complexity index is 1130. The molecule has 0 aromatic heterocycles. The monoisotopic (exact) mass is 470 g/mol. The van der Waals surface area contributed by atoms with E-state index in [1.54, 1.807) is 30.3 Å². The number of Topliss-reactive ketones (excluding diaryl/α,β-unsaturated/α-hetero) is 1. The number of hydrogen-bond acceptors (Lipinski definition) is 4. The summed E-state index contributed by atoms with van der Waals surface area (Å²) in [5.74, 6) is -3.41. The lowest BCUT2D eigenvalue weighted by atomic mass is 9.78. The molecule has 0 N–H and O–H groups in total. The standard InChI is InChI=1S/C24H20Cl2N2O4/c1-14-6-5-9-18-21(14)24(32)28(23(18)31)27(13-20(29)15-7-3-2-4-8-15)22(30)17-11-10-16(25)12-19(17)26/h2-8,10-12,14,18,21H,9,13H2,1H3/t14-,18-,21+/m1/s1. The molecule has 3 amide bonds. The fraction of sp³-hybridized carbons (Fsp3) is 0.250. The van der Waals surface area contributed by atoms with Gasteiger partial charge in [-0.3, -0.25) is 19.2 Å². The van der Waals surface area contributed by atoms with Crippen molar-refractivity contribution in [3.8, 4) is 0 Å². The quantitative estimate of drug-likeness (QED) is 0.368. The van der Waals surface area contributed by atoms with Gasteiger partial charge in [0, 0.05) is 10.6 Å². The maximum absolute atomic E-state index is 13.5. The zero-order valence-electron chi connectivity index (χ0n) is 17.2. The molecule has 1 heterocycles. The fourth-order valence-corrected chi connectivity index (χ4v) is 4.74. The molecule has 0 bridgehead atoms. The van der Waals surface area contributed by atoms with Crippen molar-refractivity contribution in [1.82, 2.24) is 10.0 Å². The summed E-state index contributed by atoms with van der Waals surface area (Å²) < 4.78 is 0. The number of hydrazine groups is 1. The van der Waals surface area contributed by atoms with E-state index in [1.165, 1.54) is 18.2 Å². The molecule has 6 nitrogen and oxygen atoms in total. The number of carbonyl (C=O) groups is 4. The van der Waals surface area contributed by atoms with Crippen LogP contribution in [-0.4, -0.2) is 40.1 Å². The Labute approximate surface area is 195 Å². The van der Waals surface area contributed by atoms with E-state index in [-0.39, 0.29) is 16.5 Å². The summed E-state index contributed by atoms with van der Waals surface area (Å²) in [5.41, 5.74) is 0.401. The van der Waals surface area contributed by atoms with E-state index in [0.717, 1.165) is 10.0 Å². The molecule has 2 aromatic carbocycles. The SMILES string of the molecule is C[C@@H]1C=CC[C@H]2C(=O)N(N(CC(=O)c3ccccc3)C(=O)c3ccc(Cl)cc3Cl)C(=O)[C@@H]12. The van der Waals surface area contributed by atoms with E-state index < -0.39 is 41.9 Å². The average Bonchev–Trinajstić information content (AvgIpc) is 3.03. The molecule has 1 fully saturated rings. The van der Waals surface area contributed by atoms with Gasteiger partial charge in [-0.25, -0.2) is 5.01 Å². The van der Waals surface area contributed by atoms with E-state index in [1.807, 2.05) is 19.1 Å². The van der Waals surface area contributed by atoms with Crippen LogP contribution < -0.4 is 0 Å². The van der Waals surface area contributed by atoms with Gasteiger partial charge in [-0.05, 0) is 30.5 Å². The molecule has 0 unspecified atom stereocenters. The van der Waals surface area contributed by atoms with Crippen LogP contribution in [0.1, 0.15) is 34.1 Å². The molecular weight excluding hydrogens is 451 g/mol. The highest BCUT2D eigenvalue weighted by Gasteiger charge is 2.53. The highest BCUT2D eigenvalue weighted by Crippen LogP contribution is 2.39. The van der Waals surface area contributed by atoms with Crippen molar-refractivity contribution in [1.29, 1.82) is 0 Å². The number of fused-ring (bicyclic) bond motifs is 1. The van der Waals surface area contributed by atoms with Crippen molar-refractivity contribution >= 4 is 46.7 Å². The van der Waals surface area contributed by atoms with E-state index in [9.17, 15) is 19.2 Å². The molecule has 32 heavy (non-hydrogen) atoms. The Morgan fingerprint density at radius 1 is 1.06 bits per heavy atom. The zero-order valence-corrected chi connectivity index (χ0v) is 18.7. The van der Waals surface area contributed by atoms with Gasteiger partial charge < -0.3 is 0 Å². The van der Waals surface area contributed by atoms with Crippen LogP contribution in [0.5, 0.6) is 0 Å². The molecule has 8 heteroatoms. The average molecular weight is 471 g/mol. The predicted octanol–water partition coefficient (Wildman–Crippen LogP) is 4.43. The first kappa shape index (κ1) is 22.2. The molecule has 1 aliphatic heterocycles. The number of hydrogen-bond donors (Lipinski definition) is 0. The first-order valence-electron chi connectivity index (χ1n) is 10.2. The smallest absolute Gasteiger partial charge is 0.274 e. The van der Waals surface area contributed by atoms with E-state index >= 15 is 0 Å². The molecule has 164 valence electrons. The first-order valence-corrected chi connectivity index (χ1v) is 10.9. The number of allylic oxidation sites excluding steroid dienone is 2. The van der Waals surface area contributed by atoms with Crippen molar-refractivity contribution in [2.24, 2.45) is 17.8 Å². The van der Waals surface area contributed by atoms with Crippen LogP contribution in [0, 0.1) is 17.8 Å². The van der Waals surface area contributed by atoms with Gasteiger partial charge in [0.1, 0.15) is 6.54 Å². The van der Waals surface area contributed by atoms with Crippen molar-refractivity contribution in [2.45, 2.75) is 13.3 Å². The van der Waals surface area contributed by atoms with Crippen molar-refractivity contribution in [3.05, 3.63) is 81.9 Å². The van der Waals surface area contributed by atoms with Crippen LogP contribution in [0.3, 0.4) is 0 Å². The second kappa shape index (κ2) is 8.88. The molecule has 4 rings (SSSR count). The second-order valence-corrected chi connectivity index (χ2v) is 8.76. The van der Waals surface area contributed by atoms with Crippen LogP contribution >= 0.6 is 23.2 Å². The topological polar surface area (TPSA) is 74.8 Å². The summed E-state index contributed by atoms with van der Waals surface area (Å²) in [6.45, 7) is 1.37. The molecular formula is C24H20Cl2N2O4. The highest BCUT2D eigenvalue weighted by atomic mass is 35.5. The summed E-state index contributed by atoms with van der Waals surface area (Å²) in [4.78, 5) is 53.0. The lowest BCUT2D eigenvalue weighted by Crippen LogP contribution is -2.52. The Kier molecular flexibility index (Phi) is 6.17. The van der Waals surface area contributed by atoms with Crippen molar-refractivity contribution in [2.75, 3.05) is 6.54 Å². The Morgan fingerprint density at radius 2 is 1.78 bits per heavy atom. The van der Waals surface area contributed by atoms with Gasteiger partial charge in [-0.2, -0.15) is 5.01 Å². The van der Waals surface area contributed by atoms with Crippen LogP contribution in [0.2, 0.25) is 10.0 Å². The lowest BCUT2D eigenvalue weighted by molar-refractivity contribution is -0.154. The van der Waals surface area contributed by atoms with Gasteiger partial charge >= 0.3 is 0 Å². The predicted molar refractivity (Wildman–Crippen MR) is 120 cm³/mol. The third-order valence-corrected chi connectivity index (χ3v) is 6.42. The molecule has 0 radical (unpaired) electrons. The summed E-state index contributed by atoms with van der Waals surface area (Å²) in [6, 6.07) is 12.7. The number of rotatable bonds is 5. The molecule has 2 aromatic rings. The Hall–Kier alpha value is -2.96. The van der Waals surface area contributed by atoms with Crippen LogP contribution in [0.15, 0.2) is 60.7 Å². The van der Waals surface area contributed by atoms with Crippen LogP contribution in [0.4, 0.5) is 0 Å². The van der Waals surface area contributed by atoms with E-state index in [4.69, 9.17) is 23.2 Å². The zero-order chi connectivity index (χ0) is 23.0. The molecule has 1 aliphatic carbocycles. The fourth-order valence-electron chi connectivity index (χ4n) is 4.26. The van der Waals surface area contributed by atoms with Gasteiger partial charge in [-0.15, -0.1) is 0 Å². The van der Waals surface area contributed by atoms with Gasteiger partial charge in [-0.1, -0.05) is 72.6 Å². The Balaban J connectivity index is 1.73. The number of imide groups is 1. The molecule has 3 atom stereocenters. The minimum Gasteiger partial charge on any atom is -0.292 e.